The van der Waals surface area contributed by atoms with Gasteiger partial charge in [-0.25, -0.2) is 0 Å². The Morgan fingerprint density at radius 3 is 2.16 bits per heavy atom. The van der Waals surface area contributed by atoms with E-state index in [0.717, 1.165) is 30.0 Å². The largest absolute Gasteiger partial charge is 0.755 e. The zero-order valence-corrected chi connectivity index (χ0v) is 33.2. The molecule has 0 N–H and O–H groups in total. The number of alkyl halides is 2. The van der Waals surface area contributed by atoms with Crippen LogP contribution < -0.4 is 18.5 Å². The molecule has 0 spiro atoms. The van der Waals surface area contributed by atoms with E-state index < -0.39 is 58.9 Å². The molecule has 2 fully saturated rings. The van der Waals surface area contributed by atoms with Crippen molar-refractivity contribution < 1.29 is 55.6 Å². The maximum atomic E-state index is 13.4. The summed E-state index contributed by atoms with van der Waals surface area (Å²) in [7, 11) is 0. The van der Waals surface area contributed by atoms with Crippen LogP contribution in [0.25, 0.3) is 0 Å². The third-order valence-electron chi connectivity index (χ3n) is 8.17. The molecule has 1 aromatic heterocycles. The molecule has 12 nitrogen and oxygen atoms in total. The number of carbonyl (C=O) groups is 3. The molecule has 5 rings (SSSR count). The maximum absolute atomic E-state index is 13.4. The van der Waals surface area contributed by atoms with Gasteiger partial charge in [-0.2, -0.15) is 8.78 Å². The van der Waals surface area contributed by atoms with Gasteiger partial charge in [0.15, 0.2) is 11.5 Å². The number of esters is 2. The fourth-order valence-electron chi connectivity index (χ4n) is 5.13. The summed E-state index contributed by atoms with van der Waals surface area (Å²) >= 11 is 10.5. The van der Waals surface area contributed by atoms with E-state index in [1.807, 2.05) is 0 Å². The van der Waals surface area contributed by atoms with Crippen molar-refractivity contribution >= 4 is 69.0 Å². The minimum absolute atomic E-state index is 0.0301. The van der Waals surface area contributed by atoms with Gasteiger partial charge in [0.05, 0.1) is 34.7 Å². The van der Waals surface area contributed by atoms with Crippen molar-refractivity contribution in [3.05, 3.63) is 75.5 Å². The number of thioether (sulfide) groups is 1. The van der Waals surface area contributed by atoms with Crippen molar-refractivity contribution in [3.8, 4) is 17.2 Å². The summed E-state index contributed by atoms with van der Waals surface area (Å²) in [5.74, 6) is -1.56. The van der Waals surface area contributed by atoms with Crippen LogP contribution in [0, 0.1) is 11.8 Å². The summed E-state index contributed by atoms with van der Waals surface area (Å²) in [6, 6.07) is 8.25. The average molecular weight is 845 g/mol. The second-order valence-corrected chi connectivity index (χ2v) is 16.6. The first-order valence-corrected chi connectivity index (χ1v) is 20.0. The molecule has 298 valence electrons. The standard InChI is InChI=1S/C37H40Cl2F2N2O10S2/c1-37(2,3)53-33(44)17-43(55(47)48)28-10-8-24(13-31(28)49-18-21-4-5-21)35(46)54-20-34(45)51-30(14-25-26(38)15-42-16-27(25)39)23-9-11-29(52-36(40)41)32(12-23)50-19-22-6-7-22/h8-13,15-16,21-22,30,36H,4-7,14,17-20H2,1-3H3,(H,47,48)/p-1/t30-/m0/s1. The first kappa shape index (κ1) is 42.4. The second kappa shape index (κ2) is 19.0. The van der Waals surface area contributed by atoms with Crippen LogP contribution in [0.1, 0.15) is 74.0 Å². The Morgan fingerprint density at radius 2 is 1.58 bits per heavy atom. The van der Waals surface area contributed by atoms with Gasteiger partial charge in [-0.3, -0.25) is 27.9 Å². The van der Waals surface area contributed by atoms with E-state index in [1.165, 1.54) is 48.8 Å². The lowest BCUT2D eigenvalue weighted by atomic mass is 10.0. The summed E-state index contributed by atoms with van der Waals surface area (Å²) in [5, 5.41) is -0.146. The number of carbonyl (C=O) groups excluding carboxylic acids is 3. The number of ether oxygens (including phenoxy) is 5. The molecule has 55 heavy (non-hydrogen) atoms. The average Bonchev–Trinajstić information content (AvgIpc) is 4.05. The van der Waals surface area contributed by atoms with Crippen LogP contribution >= 0.6 is 35.0 Å². The molecule has 18 heteroatoms. The molecule has 2 aromatic carbocycles. The molecule has 2 atom stereocenters. The highest BCUT2D eigenvalue weighted by atomic mass is 35.5. The van der Waals surface area contributed by atoms with Gasteiger partial charge in [0, 0.05) is 35.6 Å². The predicted octanol–water partition coefficient (Wildman–Crippen LogP) is 7.91. The fraction of sp³-hybridized carbons (Fsp3) is 0.459. The monoisotopic (exact) mass is 843 g/mol. The Labute approximate surface area is 333 Å². The summed E-state index contributed by atoms with van der Waals surface area (Å²) in [5.41, 5.74) is 0.0464. The second-order valence-electron chi connectivity index (χ2n) is 14.0. The Balaban J connectivity index is 1.33. The van der Waals surface area contributed by atoms with E-state index in [9.17, 15) is 31.9 Å². The third kappa shape index (κ3) is 13.2. The molecule has 0 bridgehead atoms. The molecule has 3 aromatic rings. The summed E-state index contributed by atoms with van der Waals surface area (Å²) in [6.07, 6.45) is 5.42. The van der Waals surface area contributed by atoms with Gasteiger partial charge < -0.3 is 28.2 Å². The number of pyridine rings is 1. The van der Waals surface area contributed by atoms with Gasteiger partial charge in [-0.05, 0) is 99.7 Å². The van der Waals surface area contributed by atoms with E-state index in [1.54, 1.807) is 20.8 Å². The SMILES string of the molecule is CC(C)(C)OC(=O)CN(c1ccc(C(=O)SCC(=O)O[C@@H](Cc2c(Cl)cncc2Cl)c2ccc(OC(F)F)c(OCC3CC3)c2)cc1OCC1CC1)S(=O)[O-]. The van der Waals surface area contributed by atoms with E-state index in [2.05, 4.69) is 9.72 Å². The van der Waals surface area contributed by atoms with E-state index in [0.29, 0.717) is 35.4 Å². The molecule has 0 radical (unpaired) electrons. The van der Waals surface area contributed by atoms with E-state index >= 15 is 0 Å². The van der Waals surface area contributed by atoms with Crippen molar-refractivity contribution in [2.45, 2.75) is 71.2 Å². The quantitative estimate of drug-likeness (QED) is 0.0851. The third-order valence-corrected chi connectivity index (χ3v) is 10.4. The van der Waals surface area contributed by atoms with Crippen LogP contribution in [0.15, 0.2) is 48.8 Å². The van der Waals surface area contributed by atoms with Crippen molar-refractivity contribution in [1.82, 2.24) is 4.98 Å². The van der Waals surface area contributed by atoms with Crippen LogP contribution in [0.5, 0.6) is 17.2 Å². The molecule has 0 aliphatic heterocycles. The van der Waals surface area contributed by atoms with Crippen molar-refractivity contribution in [2.75, 3.05) is 29.8 Å². The lowest BCUT2D eigenvalue weighted by Gasteiger charge is -2.29. The normalized spacial score (nSPS) is 15.2. The number of hydrogen-bond donors (Lipinski definition) is 0. The molecular weight excluding hydrogens is 805 g/mol. The van der Waals surface area contributed by atoms with Crippen molar-refractivity contribution in [2.24, 2.45) is 11.8 Å². The number of benzene rings is 2. The highest BCUT2D eigenvalue weighted by Gasteiger charge is 2.28. The van der Waals surface area contributed by atoms with Gasteiger partial charge in [-0.1, -0.05) is 41.0 Å². The van der Waals surface area contributed by atoms with Crippen LogP contribution in [-0.4, -0.2) is 68.5 Å². The van der Waals surface area contributed by atoms with Crippen LogP contribution in [0.3, 0.4) is 0 Å². The minimum Gasteiger partial charge on any atom is -0.755 e. The smallest absolute Gasteiger partial charge is 0.387 e. The number of hydrogen-bond acceptors (Lipinski definition) is 12. The predicted molar refractivity (Wildman–Crippen MR) is 202 cm³/mol. The van der Waals surface area contributed by atoms with Gasteiger partial charge in [-0.15, -0.1) is 0 Å². The van der Waals surface area contributed by atoms with Crippen LogP contribution in [0.4, 0.5) is 14.5 Å². The molecule has 0 amide bonds. The van der Waals surface area contributed by atoms with Gasteiger partial charge in [0.1, 0.15) is 24.0 Å². The molecule has 2 aliphatic rings. The number of nitrogens with zero attached hydrogens (tertiary/aromatic N) is 2. The Kier molecular flexibility index (Phi) is 14.6. The van der Waals surface area contributed by atoms with E-state index in [-0.39, 0.29) is 57.5 Å². The molecule has 2 saturated carbocycles. The summed E-state index contributed by atoms with van der Waals surface area (Å²) in [6.45, 7) is 1.79. The van der Waals surface area contributed by atoms with Crippen molar-refractivity contribution in [3.63, 3.8) is 0 Å². The number of aromatic nitrogens is 1. The highest BCUT2D eigenvalue weighted by Crippen LogP contribution is 2.39. The molecular formula is C37H39Cl2F2N2O10S2-. The van der Waals surface area contributed by atoms with Crippen LogP contribution in [-0.2, 0) is 36.8 Å². The Morgan fingerprint density at radius 1 is 0.945 bits per heavy atom. The van der Waals surface area contributed by atoms with Gasteiger partial charge >= 0.3 is 18.6 Å². The fourth-order valence-corrected chi connectivity index (χ4v) is 6.79. The first-order valence-electron chi connectivity index (χ1n) is 17.3. The zero-order chi connectivity index (χ0) is 39.9. The molecule has 0 saturated heterocycles. The van der Waals surface area contributed by atoms with Gasteiger partial charge in [0.2, 0.25) is 5.12 Å². The molecule has 2 aliphatic carbocycles. The lowest BCUT2D eigenvalue weighted by molar-refractivity contribution is -0.152. The number of anilines is 1. The minimum atomic E-state index is -3.10. The number of halogens is 4. The Hall–Kier alpha value is -3.70. The topological polar surface area (TPSA) is 154 Å². The van der Waals surface area contributed by atoms with Crippen LogP contribution in [0.2, 0.25) is 10.0 Å². The summed E-state index contributed by atoms with van der Waals surface area (Å²) < 4.78 is 79.3. The first-order chi connectivity index (χ1) is 26.1. The lowest BCUT2D eigenvalue weighted by Crippen LogP contribution is -2.36. The molecule has 1 unspecified atom stereocenters. The highest BCUT2D eigenvalue weighted by molar-refractivity contribution is 8.14. The van der Waals surface area contributed by atoms with E-state index in [4.69, 9.17) is 42.1 Å². The zero-order valence-electron chi connectivity index (χ0n) is 30.1. The number of rotatable bonds is 19. The maximum Gasteiger partial charge on any atom is 0.387 e. The molecule has 1 heterocycles. The summed E-state index contributed by atoms with van der Waals surface area (Å²) in [4.78, 5) is 43.2. The van der Waals surface area contributed by atoms with Crippen molar-refractivity contribution in [1.29, 1.82) is 0 Å². The van der Waals surface area contributed by atoms with Gasteiger partial charge in [0.25, 0.3) is 0 Å². The Bertz CT molecular complexity index is 1870.